The monoisotopic (exact) mass is 501 g/mol. The van der Waals surface area contributed by atoms with Crippen LogP contribution in [-0.4, -0.2) is 64.0 Å². The van der Waals surface area contributed by atoms with Crippen LogP contribution in [0.15, 0.2) is 47.3 Å². The molecular formula is C25H29ClFN5O3. The number of ether oxygens (including phenoxy) is 1. The van der Waals surface area contributed by atoms with Gasteiger partial charge < -0.3 is 10.1 Å². The molecule has 0 saturated carbocycles. The van der Waals surface area contributed by atoms with Crippen LogP contribution in [0.4, 0.5) is 4.39 Å². The van der Waals surface area contributed by atoms with Gasteiger partial charge in [-0.3, -0.25) is 9.69 Å². The van der Waals surface area contributed by atoms with Gasteiger partial charge >= 0.3 is 5.69 Å². The second-order valence-corrected chi connectivity index (χ2v) is 9.24. The molecule has 0 bridgehead atoms. The Morgan fingerprint density at radius 2 is 1.94 bits per heavy atom. The van der Waals surface area contributed by atoms with Crippen LogP contribution < -0.4 is 11.0 Å². The number of carbonyl (C=O) groups excluding carboxylic acids is 1. The van der Waals surface area contributed by atoms with Crippen LogP contribution in [0, 0.1) is 5.82 Å². The normalized spacial score (nSPS) is 14.4. The summed E-state index contributed by atoms with van der Waals surface area (Å²) in [6.45, 7) is 7.49. The van der Waals surface area contributed by atoms with Gasteiger partial charge in [-0.1, -0.05) is 23.7 Å². The fourth-order valence-corrected chi connectivity index (χ4v) is 4.24. The molecule has 0 aliphatic carbocycles. The third-order valence-electron chi connectivity index (χ3n) is 5.76. The number of carbonyl (C=O) groups is 1. The van der Waals surface area contributed by atoms with Gasteiger partial charge in [0, 0.05) is 36.8 Å². The van der Waals surface area contributed by atoms with E-state index in [1.165, 1.54) is 10.6 Å². The first-order valence-corrected chi connectivity index (χ1v) is 12.0. The van der Waals surface area contributed by atoms with E-state index in [0.29, 0.717) is 35.9 Å². The molecule has 3 aromatic rings. The molecule has 186 valence electrons. The predicted molar refractivity (Wildman–Crippen MR) is 132 cm³/mol. The van der Waals surface area contributed by atoms with Crippen molar-refractivity contribution >= 4 is 17.5 Å². The van der Waals surface area contributed by atoms with Crippen molar-refractivity contribution in [1.82, 2.24) is 24.6 Å². The zero-order valence-corrected chi connectivity index (χ0v) is 20.6. The molecule has 0 unspecified atom stereocenters. The smallest absolute Gasteiger partial charge is 0.355 e. The third-order valence-corrected chi connectivity index (χ3v) is 6.00. The predicted octanol–water partition coefficient (Wildman–Crippen LogP) is 2.76. The van der Waals surface area contributed by atoms with Gasteiger partial charge in [0.1, 0.15) is 11.6 Å². The highest BCUT2D eigenvalue weighted by atomic mass is 35.5. The number of hydrogen-bond acceptors (Lipinski definition) is 5. The van der Waals surface area contributed by atoms with Crippen LogP contribution in [-0.2, 0) is 22.4 Å². The minimum Gasteiger partial charge on any atom is -0.379 e. The molecule has 0 spiro atoms. The quantitative estimate of drug-likeness (QED) is 0.513. The van der Waals surface area contributed by atoms with Crippen molar-refractivity contribution in [3.63, 3.8) is 0 Å². The molecule has 1 N–H and O–H groups in total. The van der Waals surface area contributed by atoms with E-state index in [4.69, 9.17) is 16.3 Å². The molecule has 35 heavy (non-hydrogen) atoms. The van der Waals surface area contributed by atoms with Crippen molar-refractivity contribution in [1.29, 1.82) is 0 Å². The average Bonchev–Trinajstić information content (AvgIpc) is 3.13. The Balaban J connectivity index is 1.64. The summed E-state index contributed by atoms with van der Waals surface area (Å²) in [5.74, 6) is -0.448. The van der Waals surface area contributed by atoms with Crippen LogP contribution >= 0.6 is 11.6 Å². The maximum atomic E-state index is 15.0. The van der Waals surface area contributed by atoms with Crippen molar-refractivity contribution in [3.05, 3.63) is 75.2 Å². The number of aromatic nitrogens is 3. The lowest BCUT2D eigenvalue weighted by Crippen LogP contribution is -2.37. The molecule has 2 heterocycles. The van der Waals surface area contributed by atoms with Crippen LogP contribution in [0.1, 0.15) is 25.2 Å². The van der Waals surface area contributed by atoms with E-state index in [2.05, 4.69) is 15.3 Å². The summed E-state index contributed by atoms with van der Waals surface area (Å²) >= 11 is 6.14. The average molecular weight is 502 g/mol. The van der Waals surface area contributed by atoms with E-state index in [1.54, 1.807) is 36.4 Å². The number of benzene rings is 2. The SMILES string of the molecule is CC(C)NC(=O)Cc1nn(-c2ccc(CCN3CCOCC3)c(F)c2)c(=O)n1-c1cccc(Cl)c1. The molecule has 10 heteroatoms. The zero-order chi connectivity index (χ0) is 24.9. The van der Waals surface area contributed by atoms with Gasteiger partial charge in [0.15, 0.2) is 0 Å². The van der Waals surface area contributed by atoms with Crippen molar-refractivity contribution in [2.24, 2.45) is 0 Å². The van der Waals surface area contributed by atoms with Crippen LogP contribution in [0.3, 0.4) is 0 Å². The van der Waals surface area contributed by atoms with E-state index < -0.39 is 11.5 Å². The maximum absolute atomic E-state index is 15.0. The van der Waals surface area contributed by atoms with E-state index in [0.717, 1.165) is 24.3 Å². The summed E-state index contributed by atoms with van der Waals surface area (Å²) in [4.78, 5) is 28.1. The summed E-state index contributed by atoms with van der Waals surface area (Å²) in [6.07, 6.45) is 0.436. The highest BCUT2D eigenvalue weighted by Crippen LogP contribution is 2.18. The van der Waals surface area contributed by atoms with E-state index >= 15 is 0 Å². The largest absolute Gasteiger partial charge is 0.379 e. The Morgan fingerprint density at radius 1 is 1.17 bits per heavy atom. The van der Waals surface area contributed by atoms with Gasteiger partial charge in [0.05, 0.1) is 31.0 Å². The third kappa shape index (κ3) is 6.17. The minimum atomic E-state index is -0.514. The maximum Gasteiger partial charge on any atom is 0.355 e. The fourth-order valence-electron chi connectivity index (χ4n) is 4.06. The highest BCUT2D eigenvalue weighted by molar-refractivity contribution is 6.30. The molecule has 1 saturated heterocycles. The zero-order valence-electron chi connectivity index (χ0n) is 19.8. The summed E-state index contributed by atoms with van der Waals surface area (Å²) in [5.41, 5.74) is 0.816. The molecule has 4 rings (SSSR count). The minimum absolute atomic E-state index is 0.0602. The Labute approximate surface area is 208 Å². The number of nitrogens with zero attached hydrogens (tertiary/aromatic N) is 4. The first-order chi connectivity index (χ1) is 16.8. The van der Waals surface area contributed by atoms with E-state index in [9.17, 15) is 14.0 Å². The lowest BCUT2D eigenvalue weighted by molar-refractivity contribution is -0.121. The second kappa shape index (κ2) is 11.2. The summed E-state index contributed by atoms with van der Waals surface area (Å²) in [7, 11) is 0. The molecule has 1 aromatic heterocycles. The number of amides is 1. The fraction of sp³-hybridized carbons (Fsp3) is 0.400. The van der Waals surface area contributed by atoms with Crippen molar-refractivity contribution in [3.8, 4) is 11.4 Å². The number of nitrogens with one attached hydrogen (secondary N) is 1. The van der Waals surface area contributed by atoms with Gasteiger partial charge in [-0.25, -0.2) is 13.8 Å². The number of hydrogen-bond donors (Lipinski definition) is 1. The van der Waals surface area contributed by atoms with E-state index in [-0.39, 0.29) is 29.9 Å². The Morgan fingerprint density at radius 3 is 2.63 bits per heavy atom. The van der Waals surface area contributed by atoms with Gasteiger partial charge in [0.25, 0.3) is 0 Å². The van der Waals surface area contributed by atoms with Gasteiger partial charge in [-0.2, -0.15) is 4.68 Å². The number of morpholine rings is 1. The topological polar surface area (TPSA) is 81.4 Å². The Hall–Kier alpha value is -3.01. The standard InChI is InChI=1S/C25H29ClFN5O3/c1-17(2)28-24(33)16-23-29-32(25(34)31(23)20-5-3-4-19(26)14-20)21-7-6-18(22(27)15-21)8-9-30-10-12-35-13-11-30/h3-7,14-15,17H,8-13,16H2,1-2H3,(H,28,33). The lowest BCUT2D eigenvalue weighted by Gasteiger charge is -2.26. The van der Waals surface area contributed by atoms with E-state index in [1.807, 2.05) is 13.8 Å². The van der Waals surface area contributed by atoms with Gasteiger partial charge in [-0.15, -0.1) is 5.10 Å². The Kier molecular flexibility index (Phi) is 8.00. The van der Waals surface area contributed by atoms with Gasteiger partial charge in [-0.05, 0) is 50.1 Å². The summed E-state index contributed by atoms with van der Waals surface area (Å²) < 4.78 is 22.8. The lowest BCUT2D eigenvalue weighted by atomic mass is 10.1. The van der Waals surface area contributed by atoms with Crippen molar-refractivity contribution in [2.45, 2.75) is 32.7 Å². The van der Waals surface area contributed by atoms with Crippen molar-refractivity contribution in [2.75, 3.05) is 32.8 Å². The molecule has 8 nitrogen and oxygen atoms in total. The molecule has 0 radical (unpaired) electrons. The molecule has 0 atom stereocenters. The highest BCUT2D eigenvalue weighted by Gasteiger charge is 2.20. The Bertz CT molecular complexity index is 1250. The summed E-state index contributed by atoms with van der Waals surface area (Å²) in [6, 6.07) is 11.3. The number of rotatable bonds is 8. The second-order valence-electron chi connectivity index (χ2n) is 8.80. The molecule has 2 aromatic carbocycles. The molecule has 1 amide bonds. The first-order valence-electron chi connectivity index (χ1n) is 11.7. The van der Waals surface area contributed by atoms with Crippen LogP contribution in [0.25, 0.3) is 11.4 Å². The van der Waals surface area contributed by atoms with Crippen molar-refractivity contribution < 1.29 is 13.9 Å². The first kappa shape index (κ1) is 25.1. The molecular weight excluding hydrogens is 473 g/mol. The van der Waals surface area contributed by atoms with Crippen LogP contribution in [0.5, 0.6) is 0 Å². The summed E-state index contributed by atoms with van der Waals surface area (Å²) in [5, 5.41) is 7.64. The molecule has 1 aliphatic heterocycles. The van der Waals surface area contributed by atoms with Gasteiger partial charge in [0.2, 0.25) is 5.91 Å². The molecule has 1 fully saturated rings. The molecule has 1 aliphatic rings. The number of halogens is 2. The van der Waals surface area contributed by atoms with Crippen LogP contribution in [0.2, 0.25) is 5.02 Å².